The summed E-state index contributed by atoms with van der Waals surface area (Å²) < 4.78 is 11.3. The summed E-state index contributed by atoms with van der Waals surface area (Å²) in [5.41, 5.74) is 6.72. The van der Waals surface area contributed by atoms with Crippen LogP contribution in [0.1, 0.15) is 32.8 Å². The van der Waals surface area contributed by atoms with Gasteiger partial charge in [-0.05, 0) is 36.1 Å². The van der Waals surface area contributed by atoms with Gasteiger partial charge in [0, 0.05) is 18.9 Å². The molecule has 1 aromatic carbocycles. The van der Waals surface area contributed by atoms with Gasteiger partial charge in [-0.15, -0.1) is 0 Å². The molecule has 0 aromatic heterocycles. The van der Waals surface area contributed by atoms with Crippen LogP contribution in [0, 0.1) is 5.41 Å². The molecule has 0 spiro atoms. The van der Waals surface area contributed by atoms with Gasteiger partial charge in [-0.3, -0.25) is 4.79 Å². The summed E-state index contributed by atoms with van der Waals surface area (Å²) in [6, 6.07) is 5.87. The number of carbonyl (C=O) groups excluding carboxylic acids is 1. The number of ether oxygens (including phenoxy) is 2. The minimum Gasteiger partial charge on any atom is -0.493 e. The van der Waals surface area contributed by atoms with Crippen molar-refractivity contribution in [3.05, 3.63) is 35.3 Å². The van der Waals surface area contributed by atoms with Crippen molar-refractivity contribution < 1.29 is 14.3 Å². The summed E-state index contributed by atoms with van der Waals surface area (Å²) in [7, 11) is 1.89. The van der Waals surface area contributed by atoms with Crippen LogP contribution < -0.4 is 20.5 Å². The third-order valence-corrected chi connectivity index (χ3v) is 5.11. The zero-order valence-electron chi connectivity index (χ0n) is 15.9. The van der Waals surface area contributed by atoms with Crippen molar-refractivity contribution in [2.24, 2.45) is 16.1 Å². The van der Waals surface area contributed by atoms with Crippen LogP contribution in [0.3, 0.4) is 0 Å². The zero-order valence-corrected chi connectivity index (χ0v) is 16.9. The van der Waals surface area contributed by atoms with Gasteiger partial charge in [-0.2, -0.15) is 0 Å². The lowest BCUT2D eigenvalue weighted by Gasteiger charge is -2.18. The molecule has 26 heavy (non-hydrogen) atoms. The van der Waals surface area contributed by atoms with Crippen LogP contribution in [0.2, 0.25) is 0 Å². The molecule has 2 rings (SSSR count). The summed E-state index contributed by atoms with van der Waals surface area (Å²) in [5, 5.41) is 4.00. The van der Waals surface area contributed by atoms with Crippen molar-refractivity contribution in [2.75, 3.05) is 19.8 Å². The Morgan fingerprint density at radius 1 is 1.35 bits per heavy atom. The highest BCUT2D eigenvalue weighted by Crippen LogP contribution is 2.31. The predicted octanol–water partition coefficient (Wildman–Crippen LogP) is 3.02. The third kappa shape index (κ3) is 6.43. The Labute approximate surface area is 157 Å². The van der Waals surface area contributed by atoms with Crippen LogP contribution >= 0.6 is 8.58 Å². The number of hydrogen-bond acceptors (Lipinski definition) is 5. The highest BCUT2D eigenvalue weighted by molar-refractivity contribution is 7.46. The fourth-order valence-corrected chi connectivity index (χ4v) is 3.18. The number of aliphatic imine (C=N–C) groups is 1. The van der Waals surface area contributed by atoms with Gasteiger partial charge in [0.05, 0.1) is 12.4 Å². The number of methoxy groups -OCH3 is 1. The van der Waals surface area contributed by atoms with Gasteiger partial charge in [0.25, 0.3) is 0 Å². The van der Waals surface area contributed by atoms with Gasteiger partial charge >= 0.3 is 0 Å². The van der Waals surface area contributed by atoms with E-state index in [4.69, 9.17) is 15.2 Å². The standard InChI is InChI=1S/C19H28N3O3P/c1-19(2,3)7-8-21-10-13-5-6-14(15(9-13)24-4)25-17-12-26-16(11-22-17)18(20)23/h5-6,9,11,21,26H,7-8,10,12H2,1-4H3,(H2,20,23). The smallest absolute Gasteiger partial charge is 0.250 e. The maximum atomic E-state index is 11.1. The fraction of sp³-hybridized carbons (Fsp3) is 0.474. The van der Waals surface area contributed by atoms with Gasteiger partial charge in [-0.1, -0.05) is 35.4 Å². The van der Waals surface area contributed by atoms with Crippen molar-refractivity contribution in [1.82, 2.24) is 5.32 Å². The molecule has 0 aliphatic carbocycles. The number of nitrogens with two attached hydrogens (primary N) is 1. The molecular formula is C19H28N3O3P. The molecule has 1 heterocycles. The van der Waals surface area contributed by atoms with Crippen LogP contribution in [0.4, 0.5) is 0 Å². The molecule has 7 heteroatoms. The molecule has 0 bridgehead atoms. The number of benzene rings is 1. The maximum absolute atomic E-state index is 11.1. The van der Waals surface area contributed by atoms with Crippen molar-refractivity contribution in [1.29, 1.82) is 0 Å². The molecule has 0 saturated heterocycles. The van der Waals surface area contributed by atoms with Crippen molar-refractivity contribution in [3.8, 4) is 11.5 Å². The monoisotopic (exact) mass is 377 g/mol. The average Bonchev–Trinajstić information content (AvgIpc) is 2.59. The first-order chi connectivity index (χ1) is 12.3. The molecule has 1 unspecified atom stereocenters. The van der Waals surface area contributed by atoms with E-state index in [2.05, 4.69) is 31.1 Å². The van der Waals surface area contributed by atoms with Crippen LogP contribution in [0.25, 0.3) is 0 Å². The van der Waals surface area contributed by atoms with E-state index < -0.39 is 5.91 Å². The molecule has 0 saturated carbocycles. The Kier molecular flexibility index (Phi) is 7.18. The molecule has 1 atom stereocenters. The lowest BCUT2D eigenvalue weighted by atomic mass is 9.92. The van der Waals surface area contributed by atoms with E-state index in [1.807, 2.05) is 18.2 Å². The lowest BCUT2D eigenvalue weighted by molar-refractivity contribution is -0.113. The van der Waals surface area contributed by atoms with Crippen molar-refractivity contribution in [3.63, 3.8) is 0 Å². The Bertz CT molecular complexity index is 708. The predicted molar refractivity (Wildman–Crippen MR) is 107 cm³/mol. The average molecular weight is 377 g/mol. The number of nitrogens with one attached hydrogen (secondary N) is 1. The van der Waals surface area contributed by atoms with E-state index in [0.29, 0.717) is 34.3 Å². The normalized spacial score (nSPS) is 15.4. The van der Waals surface area contributed by atoms with Crippen LogP contribution in [-0.4, -0.2) is 31.6 Å². The number of hydrogen-bond donors (Lipinski definition) is 2. The number of primary amides is 1. The first kappa shape index (κ1) is 20.4. The van der Waals surface area contributed by atoms with Gasteiger partial charge in [-0.25, -0.2) is 4.99 Å². The summed E-state index contributed by atoms with van der Waals surface area (Å²) in [6.07, 6.45) is 3.17. The van der Waals surface area contributed by atoms with Gasteiger partial charge < -0.3 is 20.5 Å². The summed E-state index contributed by atoms with van der Waals surface area (Å²) in [4.78, 5) is 15.3. The molecule has 1 aromatic rings. The third-order valence-electron chi connectivity index (χ3n) is 3.87. The quantitative estimate of drug-likeness (QED) is 0.565. The largest absolute Gasteiger partial charge is 0.493 e. The molecular weight excluding hydrogens is 349 g/mol. The Morgan fingerprint density at radius 3 is 2.69 bits per heavy atom. The lowest BCUT2D eigenvalue weighted by Crippen LogP contribution is -2.20. The molecule has 0 radical (unpaired) electrons. The van der Waals surface area contributed by atoms with Gasteiger partial charge in [0.1, 0.15) is 0 Å². The topological polar surface area (TPSA) is 85.9 Å². The van der Waals surface area contributed by atoms with E-state index in [-0.39, 0.29) is 8.58 Å². The van der Waals surface area contributed by atoms with E-state index in [1.54, 1.807) is 7.11 Å². The molecule has 6 nitrogen and oxygen atoms in total. The number of carbonyl (C=O) groups is 1. The summed E-state index contributed by atoms with van der Waals surface area (Å²) in [6.45, 7) is 8.45. The maximum Gasteiger partial charge on any atom is 0.250 e. The number of nitrogens with zero attached hydrogens (tertiary/aromatic N) is 1. The van der Waals surface area contributed by atoms with E-state index >= 15 is 0 Å². The Balaban J connectivity index is 1.97. The zero-order chi connectivity index (χ0) is 19.2. The summed E-state index contributed by atoms with van der Waals surface area (Å²) in [5.74, 6) is 1.41. The minimum atomic E-state index is -0.424. The van der Waals surface area contributed by atoms with E-state index in [0.717, 1.165) is 25.1 Å². The van der Waals surface area contributed by atoms with Crippen molar-refractivity contribution in [2.45, 2.75) is 33.7 Å². The fourth-order valence-electron chi connectivity index (χ4n) is 2.34. The second kappa shape index (κ2) is 9.15. The second-order valence-corrected chi connectivity index (χ2v) is 8.60. The number of amides is 1. The number of rotatable bonds is 7. The van der Waals surface area contributed by atoms with Crippen LogP contribution in [0.5, 0.6) is 11.5 Å². The minimum absolute atomic E-state index is 0.275. The molecule has 1 aliphatic rings. The first-order valence-electron chi connectivity index (χ1n) is 8.64. The highest BCUT2D eigenvalue weighted by atomic mass is 31.1. The van der Waals surface area contributed by atoms with Crippen molar-refractivity contribution >= 4 is 20.4 Å². The molecule has 0 fully saturated rings. The molecule has 1 aliphatic heterocycles. The molecule has 142 valence electrons. The first-order valence-corrected chi connectivity index (χ1v) is 9.85. The van der Waals surface area contributed by atoms with E-state index in [9.17, 15) is 4.79 Å². The summed E-state index contributed by atoms with van der Waals surface area (Å²) >= 11 is 0. The van der Waals surface area contributed by atoms with Gasteiger partial charge in [0.15, 0.2) is 17.4 Å². The van der Waals surface area contributed by atoms with E-state index in [1.165, 1.54) is 6.20 Å². The Morgan fingerprint density at radius 2 is 2.12 bits per heavy atom. The van der Waals surface area contributed by atoms with Crippen LogP contribution in [0.15, 0.2) is 34.7 Å². The second-order valence-electron chi connectivity index (χ2n) is 7.36. The van der Waals surface area contributed by atoms with Gasteiger partial charge in [0.2, 0.25) is 5.91 Å². The SMILES string of the molecule is COc1cc(CNCCC(C)(C)C)ccc1OC1=NC=C(C(N)=O)PC1. The van der Waals surface area contributed by atoms with Crippen LogP contribution in [-0.2, 0) is 11.3 Å². The Hall–Kier alpha value is -1.91. The molecule has 1 amide bonds. The highest BCUT2D eigenvalue weighted by Gasteiger charge is 2.15. The molecule has 3 N–H and O–H groups in total.